The molecule has 1 fully saturated rings. The number of hydrogen-bond acceptors (Lipinski definition) is 3. The van der Waals surface area contributed by atoms with Crippen molar-refractivity contribution in [2.24, 2.45) is 5.92 Å². The summed E-state index contributed by atoms with van der Waals surface area (Å²) in [4.78, 5) is 25.0. The molecule has 2 aromatic carbocycles. The highest BCUT2D eigenvalue weighted by molar-refractivity contribution is 5.94. The van der Waals surface area contributed by atoms with E-state index in [1.807, 2.05) is 30.3 Å². The second kappa shape index (κ2) is 6.60. The second-order valence-electron chi connectivity index (χ2n) is 5.92. The maximum absolute atomic E-state index is 12.8. The van der Waals surface area contributed by atoms with E-state index in [1.54, 1.807) is 17.0 Å². The van der Waals surface area contributed by atoms with E-state index in [1.165, 1.54) is 12.1 Å². The summed E-state index contributed by atoms with van der Waals surface area (Å²) in [5.74, 6) is 0.408. The van der Waals surface area contributed by atoms with Crippen LogP contribution in [-0.4, -0.2) is 22.3 Å². The summed E-state index contributed by atoms with van der Waals surface area (Å²) in [6.45, 7) is 1.23. The molecule has 23 heavy (non-hydrogen) atoms. The maximum Gasteiger partial charge on any atom is 0.270 e. The maximum atomic E-state index is 12.8. The van der Waals surface area contributed by atoms with Crippen molar-refractivity contribution in [3.05, 3.63) is 75.8 Å². The molecule has 5 heteroatoms. The van der Waals surface area contributed by atoms with Crippen molar-refractivity contribution < 1.29 is 9.72 Å². The van der Waals surface area contributed by atoms with E-state index >= 15 is 0 Å². The standard InChI is InChI=1S/C18H18N2O3/c21-18(16-7-4-8-17(11-16)20(22)23)19(13-15-9-10-15)12-14-5-2-1-3-6-14/h1-8,11,15H,9-10,12-13H2. The summed E-state index contributed by atoms with van der Waals surface area (Å²) in [6.07, 6.45) is 2.29. The van der Waals surface area contributed by atoms with E-state index in [-0.39, 0.29) is 11.6 Å². The van der Waals surface area contributed by atoms with Crippen LogP contribution in [0.2, 0.25) is 0 Å². The molecule has 2 aromatic rings. The van der Waals surface area contributed by atoms with Crippen molar-refractivity contribution in [2.75, 3.05) is 6.54 Å². The average Bonchev–Trinajstić information content (AvgIpc) is 3.39. The average molecular weight is 310 g/mol. The molecule has 3 rings (SSSR count). The zero-order chi connectivity index (χ0) is 16.2. The molecule has 0 bridgehead atoms. The molecule has 0 spiro atoms. The SMILES string of the molecule is O=C(c1cccc([N+](=O)[O-])c1)N(Cc1ccccc1)CC1CC1. The van der Waals surface area contributed by atoms with E-state index in [2.05, 4.69) is 0 Å². The normalized spacial score (nSPS) is 13.6. The van der Waals surface area contributed by atoms with Crippen molar-refractivity contribution in [1.82, 2.24) is 4.90 Å². The third kappa shape index (κ3) is 3.94. The van der Waals surface area contributed by atoms with Crippen LogP contribution in [0.3, 0.4) is 0 Å². The van der Waals surface area contributed by atoms with Gasteiger partial charge < -0.3 is 4.90 Å². The molecular formula is C18H18N2O3. The van der Waals surface area contributed by atoms with Gasteiger partial charge in [0.25, 0.3) is 11.6 Å². The molecular weight excluding hydrogens is 292 g/mol. The minimum absolute atomic E-state index is 0.0538. The van der Waals surface area contributed by atoms with Gasteiger partial charge in [-0.1, -0.05) is 36.4 Å². The van der Waals surface area contributed by atoms with Gasteiger partial charge in [-0.15, -0.1) is 0 Å². The number of carbonyl (C=O) groups is 1. The fourth-order valence-corrected chi connectivity index (χ4v) is 2.57. The van der Waals surface area contributed by atoms with Crippen molar-refractivity contribution in [2.45, 2.75) is 19.4 Å². The molecule has 118 valence electrons. The summed E-state index contributed by atoms with van der Waals surface area (Å²) in [6, 6.07) is 15.8. The summed E-state index contributed by atoms with van der Waals surface area (Å²) >= 11 is 0. The number of carbonyl (C=O) groups excluding carboxylic acids is 1. The van der Waals surface area contributed by atoms with Gasteiger partial charge in [0.1, 0.15) is 0 Å². The summed E-state index contributed by atoms with van der Waals surface area (Å²) in [7, 11) is 0. The van der Waals surface area contributed by atoms with Gasteiger partial charge in [0.05, 0.1) is 4.92 Å². The minimum atomic E-state index is -0.473. The van der Waals surface area contributed by atoms with Crippen molar-refractivity contribution in [3.8, 4) is 0 Å². The number of nitro benzene ring substituents is 1. The Morgan fingerprint density at radius 1 is 1.13 bits per heavy atom. The summed E-state index contributed by atoms with van der Waals surface area (Å²) < 4.78 is 0. The predicted octanol–water partition coefficient (Wildman–Crippen LogP) is 3.65. The van der Waals surface area contributed by atoms with Crippen LogP contribution >= 0.6 is 0 Å². The van der Waals surface area contributed by atoms with Crippen molar-refractivity contribution in [3.63, 3.8) is 0 Å². The Balaban J connectivity index is 1.82. The molecule has 0 aliphatic heterocycles. The summed E-state index contributed by atoms with van der Waals surface area (Å²) in [5.41, 5.74) is 1.38. The van der Waals surface area contributed by atoms with Crippen molar-refractivity contribution >= 4 is 11.6 Å². The lowest BCUT2D eigenvalue weighted by atomic mass is 10.1. The van der Waals surface area contributed by atoms with Gasteiger partial charge in [0.2, 0.25) is 0 Å². The largest absolute Gasteiger partial charge is 0.334 e. The number of amides is 1. The minimum Gasteiger partial charge on any atom is -0.334 e. The highest BCUT2D eigenvalue weighted by atomic mass is 16.6. The number of nitro groups is 1. The van der Waals surface area contributed by atoms with Crippen LogP contribution in [0.4, 0.5) is 5.69 Å². The first-order valence-corrected chi connectivity index (χ1v) is 7.71. The third-order valence-electron chi connectivity index (χ3n) is 3.98. The fourth-order valence-electron chi connectivity index (χ4n) is 2.57. The molecule has 0 radical (unpaired) electrons. The lowest BCUT2D eigenvalue weighted by Gasteiger charge is -2.23. The second-order valence-corrected chi connectivity index (χ2v) is 5.92. The Bertz CT molecular complexity index is 711. The smallest absolute Gasteiger partial charge is 0.270 e. The van der Waals surface area contributed by atoms with Crippen LogP contribution in [0.15, 0.2) is 54.6 Å². The van der Waals surface area contributed by atoms with Crippen LogP contribution < -0.4 is 0 Å². The van der Waals surface area contributed by atoms with Gasteiger partial charge in [-0.05, 0) is 30.4 Å². The van der Waals surface area contributed by atoms with Gasteiger partial charge in [-0.3, -0.25) is 14.9 Å². The molecule has 0 aromatic heterocycles. The molecule has 1 aliphatic carbocycles. The highest BCUT2D eigenvalue weighted by Crippen LogP contribution is 2.31. The Morgan fingerprint density at radius 3 is 2.52 bits per heavy atom. The fraction of sp³-hybridized carbons (Fsp3) is 0.278. The Kier molecular flexibility index (Phi) is 4.37. The number of rotatable bonds is 6. The molecule has 1 saturated carbocycles. The van der Waals surface area contributed by atoms with Gasteiger partial charge in [-0.25, -0.2) is 0 Å². The Hall–Kier alpha value is -2.69. The first-order chi connectivity index (χ1) is 11.1. The molecule has 0 saturated heterocycles. The van der Waals surface area contributed by atoms with E-state index < -0.39 is 4.92 Å². The first kappa shape index (κ1) is 15.2. The van der Waals surface area contributed by atoms with E-state index in [0.717, 1.165) is 18.4 Å². The van der Waals surface area contributed by atoms with Gasteiger partial charge in [0.15, 0.2) is 0 Å². The van der Waals surface area contributed by atoms with Crippen LogP contribution in [0, 0.1) is 16.0 Å². The van der Waals surface area contributed by atoms with Crippen LogP contribution in [0.25, 0.3) is 0 Å². The lowest BCUT2D eigenvalue weighted by Crippen LogP contribution is -2.32. The monoisotopic (exact) mass is 310 g/mol. The van der Waals surface area contributed by atoms with Crippen LogP contribution in [0.5, 0.6) is 0 Å². The van der Waals surface area contributed by atoms with Crippen LogP contribution in [0.1, 0.15) is 28.8 Å². The Labute approximate surface area is 134 Å². The number of hydrogen-bond donors (Lipinski definition) is 0. The summed E-state index contributed by atoms with van der Waals surface area (Å²) in [5, 5.41) is 10.9. The van der Waals surface area contributed by atoms with Gasteiger partial charge in [-0.2, -0.15) is 0 Å². The first-order valence-electron chi connectivity index (χ1n) is 7.71. The molecule has 0 atom stereocenters. The van der Waals surface area contributed by atoms with Crippen molar-refractivity contribution in [1.29, 1.82) is 0 Å². The number of nitrogens with zero attached hydrogens (tertiary/aromatic N) is 2. The van der Waals surface area contributed by atoms with E-state index in [9.17, 15) is 14.9 Å². The molecule has 5 nitrogen and oxygen atoms in total. The molecule has 0 unspecified atom stereocenters. The zero-order valence-corrected chi connectivity index (χ0v) is 12.7. The third-order valence-corrected chi connectivity index (χ3v) is 3.98. The predicted molar refractivity (Wildman–Crippen MR) is 87.0 cm³/mol. The highest BCUT2D eigenvalue weighted by Gasteiger charge is 2.27. The van der Waals surface area contributed by atoms with E-state index in [0.29, 0.717) is 24.6 Å². The Morgan fingerprint density at radius 2 is 1.87 bits per heavy atom. The number of non-ortho nitro benzene ring substituents is 1. The molecule has 1 aliphatic rings. The van der Waals surface area contributed by atoms with E-state index in [4.69, 9.17) is 0 Å². The van der Waals surface area contributed by atoms with Gasteiger partial charge in [0, 0.05) is 30.8 Å². The molecule has 1 amide bonds. The lowest BCUT2D eigenvalue weighted by molar-refractivity contribution is -0.384. The quantitative estimate of drug-likeness (QED) is 0.604. The zero-order valence-electron chi connectivity index (χ0n) is 12.7. The topological polar surface area (TPSA) is 63.4 Å². The number of benzene rings is 2. The van der Waals surface area contributed by atoms with Gasteiger partial charge >= 0.3 is 0 Å². The molecule has 0 heterocycles. The van der Waals surface area contributed by atoms with Crippen LogP contribution in [-0.2, 0) is 6.54 Å². The molecule has 0 N–H and O–H groups in total.